The lowest BCUT2D eigenvalue weighted by atomic mass is 9.90. The van der Waals surface area contributed by atoms with Crippen molar-refractivity contribution in [2.45, 2.75) is 31.5 Å². The van der Waals surface area contributed by atoms with Crippen LogP contribution in [-0.4, -0.2) is 42.1 Å². The predicted octanol–water partition coefficient (Wildman–Crippen LogP) is 3.55. The summed E-state index contributed by atoms with van der Waals surface area (Å²) in [7, 11) is 2.21. The van der Waals surface area contributed by atoms with Crippen LogP contribution in [0.25, 0.3) is 0 Å². The smallest absolute Gasteiger partial charge is 0.124 e. The van der Waals surface area contributed by atoms with Gasteiger partial charge in [-0.25, -0.2) is 0 Å². The first kappa shape index (κ1) is 15.7. The number of hydrogen-bond acceptors (Lipinski definition) is 3. The van der Waals surface area contributed by atoms with Crippen LogP contribution in [0.1, 0.15) is 24.0 Å². The van der Waals surface area contributed by atoms with Crippen molar-refractivity contribution < 1.29 is 4.74 Å². The summed E-state index contributed by atoms with van der Waals surface area (Å²) in [6.07, 6.45) is 2.20. The molecular formula is C21H26N2O. The standard InChI is InChI=1S/C21H26N2O/c1-22-13-11-21(12-14-22)17-23(15-18-7-3-2-4-8-18)16-19-9-5-6-10-20(19)24-21/h2-10H,11-17H2,1H3. The van der Waals surface area contributed by atoms with Gasteiger partial charge in [-0.05, 0) is 18.7 Å². The van der Waals surface area contributed by atoms with E-state index >= 15 is 0 Å². The molecule has 3 nitrogen and oxygen atoms in total. The maximum atomic E-state index is 6.63. The molecule has 4 rings (SSSR count). The summed E-state index contributed by atoms with van der Waals surface area (Å²) >= 11 is 0. The second kappa shape index (κ2) is 6.58. The molecule has 0 unspecified atom stereocenters. The van der Waals surface area contributed by atoms with Crippen molar-refractivity contribution in [1.29, 1.82) is 0 Å². The highest BCUT2D eigenvalue weighted by molar-refractivity contribution is 5.35. The maximum absolute atomic E-state index is 6.63. The molecule has 24 heavy (non-hydrogen) atoms. The second-order valence-electron chi connectivity index (χ2n) is 7.33. The molecule has 3 heteroatoms. The monoisotopic (exact) mass is 322 g/mol. The van der Waals surface area contributed by atoms with Gasteiger partial charge in [0.05, 0.1) is 0 Å². The minimum absolute atomic E-state index is 0.0477. The molecule has 0 atom stereocenters. The number of ether oxygens (including phenoxy) is 1. The minimum Gasteiger partial charge on any atom is -0.486 e. The second-order valence-corrected chi connectivity index (χ2v) is 7.33. The molecule has 0 saturated carbocycles. The Kier molecular flexibility index (Phi) is 4.30. The van der Waals surface area contributed by atoms with E-state index in [1.807, 2.05) is 0 Å². The average molecular weight is 322 g/mol. The predicted molar refractivity (Wildman–Crippen MR) is 97.1 cm³/mol. The molecule has 2 aliphatic heterocycles. The van der Waals surface area contributed by atoms with Crippen LogP contribution in [0.3, 0.4) is 0 Å². The Morgan fingerprint density at radius 1 is 0.958 bits per heavy atom. The Balaban J connectivity index is 1.62. The summed E-state index contributed by atoms with van der Waals surface area (Å²) in [5, 5.41) is 0. The van der Waals surface area contributed by atoms with Crippen molar-refractivity contribution in [3.05, 3.63) is 65.7 Å². The van der Waals surface area contributed by atoms with Gasteiger partial charge in [0, 0.05) is 51.1 Å². The Morgan fingerprint density at radius 2 is 1.67 bits per heavy atom. The van der Waals surface area contributed by atoms with E-state index in [0.29, 0.717) is 0 Å². The highest BCUT2D eigenvalue weighted by Gasteiger charge is 2.39. The van der Waals surface area contributed by atoms with Gasteiger partial charge >= 0.3 is 0 Å². The van der Waals surface area contributed by atoms with Gasteiger partial charge in [0.2, 0.25) is 0 Å². The van der Waals surface area contributed by atoms with Gasteiger partial charge < -0.3 is 9.64 Å². The van der Waals surface area contributed by atoms with Crippen LogP contribution in [0.2, 0.25) is 0 Å². The highest BCUT2D eigenvalue weighted by Crippen LogP contribution is 2.35. The number of piperidine rings is 1. The third-order valence-corrected chi connectivity index (χ3v) is 5.35. The molecular weight excluding hydrogens is 296 g/mol. The molecule has 2 heterocycles. The van der Waals surface area contributed by atoms with E-state index in [1.165, 1.54) is 11.1 Å². The summed E-state index contributed by atoms with van der Waals surface area (Å²) in [4.78, 5) is 4.97. The van der Waals surface area contributed by atoms with Gasteiger partial charge in [-0.2, -0.15) is 0 Å². The number of nitrogens with zero attached hydrogens (tertiary/aromatic N) is 2. The number of para-hydroxylation sites is 1. The van der Waals surface area contributed by atoms with Crippen LogP contribution in [0.5, 0.6) is 5.75 Å². The van der Waals surface area contributed by atoms with Crippen molar-refractivity contribution in [1.82, 2.24) is 9.80 Å². The molecule has 0 aromatic heterocycles. The lowest BCUT2D eigenvalue weighted by Gasteiger charge is -2.42. The van der Waals surface area contributed by atoms with Crippen molar-refractivity contribution >= 4 is 0 Å². The number of benzene rings is 2. The topological polar surface area (TPSA) is 15.7 Å². The van der Waals surface area contributed by atoms with Crippen molar-refractivity contribution in [2.75, 3.05) is 26.7 Å². The Morgan fingerprint density at radius 3 is 2.46 bits per heavy atom. The summed E-state index contributed by atoms with van der Waals surface area (Å²) in [6.45, 7) is 5.17. The van der Waals surface area contributed by atoms with E-state index in [1.54, 1.807) is 0 Å². The fraction of sp³-hybridized carbons (Fsp3) is 0.429. The van der Waals surface area contributed by atoms with E-state index in [2.05, 4.69) is 71.4 Å². The molecule has 2 aromatic rings. The molecule has 2 aliphatic rings. The number of fused-ring (bicyclic) bond motifs is 1. The molecule has 2 aromatic carbocycles. The number of hydrogen-bond donors (Lipinski definition) is 0. The lowest BCUT2D eigenvalue weighted by Crippen LogP contribution is -2.52. The Bertz CT molecular complexity index is 677. The Labute approximate surface area is 144 Å². The van der Waals surface area contributed by atoms with Gasteiger partial charge in [-0.3, -0.25) is 4.90 Å². The van der Waals surface area contributed by atoms with Crippen LogP contribution in [-0.2, 0) is 13.1 Å². The molecule has 1 saturated heterocycles. The van der Waals surface area contributed by atoms with Crippen LogP contribution in [0, 0.1) is 0 Å². The van der Waals surface area contributed by atoms with Crippen molar-refractivity contribution in [3.8, 4) is 5.75 Å². The van der Waals surface area contributed by atoms with Crippen molar-refractivity contribution in [2.24, 2.45) is 0 Å². The molecule has 0 amide bonds. The fourth-order valence-electron chi connectivity index (χ4n) is 3.94. The first-order chi connectivity index (χ1) is 11.7. The SMILES string of the molecule is CN1CCC2(CC1)CN(Cc1ccccc1)Cc1ccccc1O2. The van der Waals surface area contributed by atoms with E-state index in [4.69, 9.17) is 4.74 Å². The molecule has 126 valence electrons. The minimum atomic E-state index is -0.0477. The van der Waals surface area contributed by atoms with Crippen LogP contribution < -0.4 is 4.74 Å². The zero-order chi connectivity index (χ0) is 16.4. The average Bonchev–Trinajstić information content (AvgIpc) is 2.75. The van der Waals surface area contributed by atoms with Crippen LogP contribution in [0.15, 0.2) is 54.6 Å². The van der Waals surface area contributed by atoms with E-state index in [9.17, 15) is 0 Å². The quantitative estimate of drug-likeness (QED) is 0.841. The van der Waals surface area contributed by atoms with Gasteiger partial charge in [-0.15, -0.1) is 0 Å². The van der Waals surface area contributed by atoms with Crippen molar-refractivity contribution in [3.63, 3.8) is 0 Å². The van der Waals surface area contributed by atoms with E-state index in [0.717, 1.165) is 51.3 Å². The van der Waals surface area contributed by atoms with E-state index in [-0.39, 0.29) is 5.60 Å². The molecule has 0 bridgehead atoms. The summed E-state index contributed by atoms with van der Waals surface area (Å²) in [6, 6.07) is 19.3. The maximum Gasteiger partial charge on any atom is 0.124 e. The van der Waals surface area contributed by atoms with Gasteiger partial charge in [0.15, 0.2) is 0 Å². The zero-order valence-corrected chi connectivity index (χ0v) is 14.4. The largest absolute Gasteiger partial charge is 0.486 e. The third kappa shape index (κ3) is 3.33. The summed E-state index contributed by atoms with van der Waals surface area (Å²) in [5.74, 6) is 1.08. The Hall–Kier alpha value is -1.84. The number of rotatable bonds is 2. The van der Waals surface area contributed by atoms with Crippen LogP contribution in [0.4, 0.5) is 0 Å². The summed E-state index contributed by atoms with van der Waals surface area (Å²) < 4.78 is 6.63. The van der Waals surface area contributed by atoms with Gasteiger partial charge in [-0.1, -0.05) is 48.5 Å². The fourth-order valence-corrected chi connectivity index (χ4v) is 3.94. The molecule has 0 radical (unpaired) electrons. The summed E-state index contributed by atoms with van der Waals surface area (Å²) in [5.41, 5.74) is 2.64. The van der Waals surface area contributed by atoms with E-state index < -0.39 is 0 Å². The molecule has 1 fully saturated rings. The van der Waals surface area contributed by atoms with Crippen LogP contribution >= 0.6 is 0 Å². The number of likely N-dealkylation sites (tertiary alicyclic amines) is 1. The third-order valence-electron chi connectivity index (χ3n) is 5.35. The molecule has 0 N–H and O–H groups in total. The lowest BCUT2D eigenvalue weighted by molar-refractivity contribution is -0.0146. The highest BCUT2D eigenvalue weighted by atomic mass is 16.5. The zero-order valence-electron chi connectivity index (χ0n) is 14.4. The first-order valence-electron chi connectivity index (χ1n) is 8.94. The van der Waals surface area contributed by atoms with Gasteiger partial charge in [0.1, 0.15) is 11.4 Å². The first-order valence-corrected chi connectivity index (χ1v) is 8.94. The normalized spacial score (nSPS) is 21.0. The molecule has 1 spiro atoms. The molecule has 0 aliphatic carbocycles. The van der Waals surface area contributed by atoms with Gasteiger partial charge in [0.25, 0.3) is 0 Å².